The van der Waals surface area contributed by atoms with Crippen molar-refractivity contribution in [1.29, 1.82) is 0 Å². The number of nitrogens with one attached hydrogen (secondary N) is 1. The van der Waals surface area contributed by atoms with Gasteiger partial charge in [0.05, 0.1) is 6.04 Å². The Balaban J connectivity index is 3.41. The summed E-state index contributed by atoms with van der Waals surface area (Å²) in [5.41, 5.74) is -0.197. The van der Waals surface area contributed by atoms with Crippen LogP contribution in [0.2, 0.25) is 0 Å². The van der Waals surface area contributed by atoms with E-state index in [-0.39, 0.29) is 17.7 Å². The Morgan fingerprint density at radius 1 is 1.05 bits per heavy atom. The number of hydrogen-bond acceptors (Lipinski definition) is 1. The molecule has 0 aromatic heterocycles. The molecule has 0 amide bonds. The van der Waals surface area contributed by atoms with Crippen LogP contribution in [0.3, 0.4) is 0 Å². The molecule has 0 bridgehead atoms. The smallest absolute Gasteiger partial charge is 0.309 e. The first-order valence-electron chi connectivity index (χ1n) is 6.11. The Labute approximate surface area is 117 Å². The largest absolute Gasteiger partial charge is 0.402 e. The van der Waals surface area contributed by atoms with Crippen molar-refractivity contribution < 1.29 is 30.7 Å². The van der Waals surface area contributed by atoms with E-state index in [2.05, 4.69) is 5.32 Å². The van der Waals surface area contributed by atoms with Gasteiger partial charge in [-0.25, -0.2) is 4.39 Å². The van der Waals surface area contributed by atoms with Crippen LogP contribution in [0.25, 0.3) is 0 Å². The molecule has 1 unspecified atom stereocenters. The van der Waals surface area contributed by atoms with E-state index in [0.717, 1.165) is 12.1 Å². The second-order valence-corrected chi connectivity index (χ2v) is 4.60. The quantitative estimate of drug-likeness (QED) is 0.805. The summed E-state index contributed by atoms with van der Waals surface area (Å²) >= 11 is 0. The predicted octanol–water partition coefficient (Wildman–Crippen LogP) is 4.53. The van der Waals surface area contributed by atoms with E-state index in [4.69, 9.17) is 0 Å². The van der Waals surface area contributed by atoms with Gasteiger partial charge in [0, 0.05) is 0 Å². The number of rotatable bonds is 4. The minimum absolute atomic E-state index is 0.122. The van der Waals surface area contributed by atoms with Gasteiger partial charge >= 0.3 is 12.4 Å². The molecule has 1 rings (SSSR count). The summed E-state index contributed by atoms with van der Waals surface area (Å²) in [6.07, 6.45) is -11.0. The highest BCUT2D eigenvalue weighted by Gasteiger charge is 2.60. The standard InChI is InChI=1S/C13H14F7N/c1-3-21-10(9-6-8(14)5-4-7(9)2)11(12(15,16)17)13(18,19)20/h4-6,10-11,21H,3H2,1-2H3. The summed E-state index contributed by atoms with van der Waals surface area (Å²) in [7, 11) is 0. The van der Waals surface area contributed by atoms with Gasteiger partial charge in [0.2, 0.25) is 0 Å². The van der Waals surface area contributed by atoms with Crippen LogP contribution >= 0.6 is 0 Å². The van der Waals surface area contributed by atoms with Gasteiger partial charge < -0.3 is 5.32 Å². The van der Waals surface area contributed by atoms with Crippen LogP contribution in [0.5, 0.6) is 0 Å². The van der Waals surface area contributed by atoms with Crippen LogP contribution in [-0.2, 0) is 0 Å². The topological polar surface area (TPSA) is 12.0 Å². The zero-order valence-electron chi connectivity index (χ0n) is 11.2. The van der Waals surface area contributed by atoms with Crippen LogP contribution in [-0.4, -0.2) is 18.9 Å². The molecule has 1 atom stereocenters. The van der Waals surface area contributed by atoms with Crippen molar-refractivity contribution in [2.75, 3.05) is 6.54 Å². The Bertz CT molecular complexity index is 464. The number of halogens is 7. The Hall–Kier alpha value is -1.31. The first-order valence-corrected chi connectivity index (χ1v) is 6.11. The molecular formula is C13H14F7N. The molecule has 1 aromatic carbocycles. The molecular weight excluding hydrogens is 303 g/mol. The summed E-state index contributed by atoms with van der Waals surface area (Å²) in [5, 5.41) is 2.17. The molecule has 0 spiro atoms. The molecule has 0 saturated carbocycles. The van der Waals surface area contributed by atoms with Crippen LogP contribution in [0.15, 0.2) is 18.2 Å². The minimum Gasteiger partial charge on any atom is -0.309 e. The van der Waals surface area contributed by atoms with E-state index in [1.165, 1.54) is 13.8 Å². The highest BCUT2D eigenvalue weighted by Crippen LogP contribution is 2.47. The van der Waals surface area contributed by atoms with Gasteiger partial charge in [-0.1, -0.05) is 13.0 Å². The summed E-state index contributed by atoms with van der Waals surface area (Å²) in [5.74, 6) is -4.49. The molecule has 0 aliphatic rings. The Morgan fingerprint density at radius 3 is 2.00 bits per heavy atom. The molecule has 0 aliphatic carbocycles. The average Bonchev–Trinajstić information content (AvgIpc) is 2.28. The van der Waals surface area contributed by atoms with E-state index in [0.29, 0.717) is 6.07 Å². The molecule has 1 aromatic rings. The summed E-state index contributed by atoms with van der Waals surface area (Å²) in [6, 6.07) is 0.745. The van der Waals surface area contributed by atoms with E-state index in [1.54, 1.807) is 0 Å². The van der Waals surface area contributed by atoms with Crippen molar-refractivity contribution in [2.24, 2.45) is 5.92 Å². The fourth-order valence-electron chi connectivity index (χ4n) is 2.14. The molecule has 8 heteroatoms. The van der Waals surface area contributed by atoms with Gasteiger partial charge in [0.15, 0.2) is 5.92 Å². The number of alkyl halides is 6. The number of aryl methyl sites for hydroxylation is 1. The zero-order valence-corrected chi connectivity index (χ0v) is 11.2. The maximum Gasteiger partial charge on any atom is 0.402 e. The fourth-order valence-corrected chi connectivity index (χ4v) is 2.14. The second kappa shape index (κ2) is 6.21. The maximum absolute atomic E-state index is 13.2. The maximum atomic E-state index is 13.2. The normalized spacial score (nSPS) is 14.6. The Morgan fingerprint density at radius 2 is 1.57 bits per heavy atom. The molecule has 1 N–H and O–H groups in total. The molecule has 0 radical (unpaired) electrons. The van der Waals surface area contributed by atoms with Crippen LogP contribution in [0.4, 0.5) is 30.7 Å². The lowest BCUT2D eigenvalue weighted by molar-refractivity contribution is -0.292. The van der Waals surface area contributed by atoms with Crippen molar-refractivity contribution in [3.8, 4) is 0 Å². The third kappa shape index (κ3) is 4.33. The van der Waals surface area contributed by atoms with E-state index >= 15 is 0 Å². The molecule has 21 heavy (non-hydrogen) atoms. The van der Waals surface area contributed by atoms with Crippen LogP contribution in [0, 0.1) is 18.7 Å². The van der Waals surface area contributed by atoms with Crippen molar-refractivity contribution in [3.05, 3.63) is 35.1 Å². The van der Waals surface area contributed by atoms with Crippen LogP contribution in [0.1, 0.15) is 24.1 Å². The van der Waals surface area contributed by atoms with Gasteiger partial charge in [-0.05, 0) is 36.7 Å². The molecule has 1 nitrogen and oxygen atoms in total. The zero-order chi connectivity index (χ0) is 16.4. The molecule has 0 heterocycles. The first-order chi connectivity index (χ1) is 9.48. The monoisotopic (exact) mass is 317 g/mol. The van der Waals surface area contributed by atoms with Gasteiger partial charge in [0.25, 0.3) is 0 Å². The highest BCUT2D eigenvalue weighted by atomic mass is 19.4. The molecule has 120 valence electrons. The highest BCUT2D eigenvalue weighted by molar-refractivity contribution is 5.30. The third-order valence-electron chi connectivity index (χ3n) is 3.04. The second-order valence-electron chi connectivity index (χ2n) is 4.60. The van der Waals surface area contributed by atoms with E-state index < -0.39 is 30.1 Å². The molecule has 0 saturated heterocycles. The SMILES string of the molecule is CCNC(c1cc(F)ccc1C)C(C(F)(F)F)C(F)(F)F. The van der Waals surface area contributed by atoms with Crippen molar-refractivity contribution in [1.82, 2.24) is 5.32 Å². The number of hydrogen-bond donors (Lipinski definition) is 1. The minimum atomic E-state index is -5.50. The first kappa shape index (κ1) is 17.7. The summed E-state index contributed by atoms with van der Waals surface area (Å²) in [6.45, 7) is 2.59. The fraction of sp³-hybridized carbons (Fsp3) is 0.538. The molecule has 0 aliphatic heterocycles. The van der Waals surface area contributed by atoms with E-state index in [1.807, 2.05) is 0 Å². The van der Waals surface area contributed by atoms with Gasteiger partial charge in [0.1, 0.15) is 5.82 Å². The molecule has 0 fully saturated rings. The van der Waals surface area contributed by atoms with E-state index in [9.17, 15) is 30.7 Å². The summed E-state index contributed by atoms with van der Waals surface area (Å²) in [4.78, 5) is 0. The Kier molecular flexibility index (Phi) is 5.25. The third-order valence-corrected chi connectivity index (χ3v) is 3.04. The number of benzene rings is 1. The van der Waals surface area contributed by atoms with Gasteiger partial charge in [-0.2, -0.15) is 26.3 Å². The lowest BCUT2D eigenvalue weighted by Crippen LogP contribution is -2.46. The van der Waals surface area contributed by atoms with Crippen molar-refractivity contribution in [3.63, 3.8) is 0 Å². The van der Waals surface area contributed by atoms with Gasteiger partial charge in [-0.3, -0.25) is 0 Å². The van der Waals surface area contributed by atoms with Crippen LogP contribution < -0.4 is 5.32 Å². The average molecular weight is 317 g/mol. The predicted molar refractivity (Wildman–Crippen MR) is 63.2 cm³/mol. The van der Waals surface area contributed by atoms with Crippen molar-refractivity contribution >= 4 is 0 Å². The lowest BCUT2D eigenvalue weighted by atomic mass is 9.89. The van der Waals surface area contributed by atoms with Gasteiger partial charge in [-0.15, -0.1) is 0 Å². The lowest BCUT2D eigenvalue weighted by Gasteiger charge is -2.32. The van der Waals surface area contributed by atoms with Crippen molar-refractivity contribution in [2.45, 2.75) is 32.2 Å². The summed E-state index contributed by atoms with van der Waals surface area (Å²) < 4.78 is 90.3.